The average molecular weight is 234 g/mol. The number of rotatable bonds is 2. The van der Waals surface area contributed by atoms with Gasteiger partial charge in [0.15, 0.2) is 0 Å². The summed E-state index contributed by atoms with van der Waals surface area (Å²) in [6.45, 7) is 3.77. The number of pyridine rings is 1. The molecule has 1 aromatic heterocycles. The molecule has 1 aromatic rings. The third kappa shape index (κ3) is 1.74. The summed E-state index contributed by atoms with van der Waals surface area (Å²) in [5, 5.41) is 14.3. The Balaban J connectivity index is 1.88. The summed E-state index contributed by atoms with van der Waals surface area (Å²) in [6, 6.07) is 3.13. The molecule has 2 saturated heterocycles. The first-order chi connectivity index (χ1) is 8.25. The largest absolute Gasteiger partial charge is 0.350 e. The molecule has 6 nitrogen and oxygen atoms in total. The number of aromatic nitrogens is 1. The van der Waals surface area contributed by atoms with Crippen molar-refractivity contribution in [2.75, 3.05) is 31.1 Å². The third-order valence-electron chi connectivity index (χ3n) is 3.65. The summed E-state index contributed by atoms with van der Waals surface area (Å²) in [4.78, 5) is 16.8. The van der Waals surface area contributed by atoms with Crippen LogP contribution in [0.3, 0.4) is 0 Å². The van der Waals surface area contributed by atoms with Crippen molar-refractivity contribution in [3.05, 3.63) is 28.4 Å². The highest BCUT2D eigenvalue weighted by Gasteiger charge is 2.38. The molecule has 17 heavy (non-hydrogen) atoms. The van der Waals surface area contributed by atoms with Gasteiger partial charge in [-0.15, -0.1) is 0 Å². The molecule has 0 spiro atoms. The highest BCUT2D eigenvalue weighted by Crippen LogP contribution is 2.33. The SMILES string of the molecule is O=[N+]([O-])c1cccnc1N1CC2CNCC2C1. The van der Waals surface area contributed by atoms with Gasteiger partial charge in [-0.25, -0.2) is 4.98 Å². The first-order valence-electron chi connectivity index (χ1n) is 5.81. The maximum absolute atomic E-state index is 11.0. The lowest BCUT2D eigenvalue weighted by atomic mass is 10.0. The van der Waals surface area contributed by atoms with Crippen molar-refractivity contribution in [1.29, 1.82) is 0 Å². The fourth-order valence-corrected chi connectivity index (χ4v) is 2.80. The summed E-state index contributed by atoms with van der Waals surface area (Å²) >= 11 is 0. The van der Waals surface area contributed by atoms with Crippen LogP contribution >= 0.6 is 0 Å². The Morgan fingerprint density at radius 2 is 2.12 bits per heavy atom. The third-order valence-corrected chi connectivity index (χ3v) is 3.65. The van der Waals surface area contributed by atoms with E-state index in [1.807, 2.05) is 4.90 Å². The first-order valence-corrected chi connectivity index (χ1v) is 5.81. The number of anilines is 1. The maximum atomic E-state index is 11.0. The molecule has 6 heteroatoms. The van der Waals surface area contributed by atoms with Gasteiger partial charge in [-0.1, -0.05) is 0 Å². The van der Waals surface area contributed by atoms with Crippen LogP contribution in [0.25, 0.3) is 0 Å². The molecule has 3 heterocycles. The van der Waals surface area contributed by atoms with Gasteiger partial charge in [0.1, 0.15) is 0 Å². The lowest BCUT2D eigenvalue weighted by Crippen LogP contribution is -2.26. The highest BCUT2D eigenvalue weighted by atomic mass is 16.6. The van der Waals surface area contributed by atoms with E-state index in [0.29, 0.717) is 17.7 Å². The number of nitrogens with zero attached hydrogens (tertiary/aromatic N) is 3. The number of hydrogen-bond acceptors (Lipinski definition) is 5. The molecule has 3 rings (SSSR count). The van der Waals surface area contributed by atoms with Crippen LogP contribution in [0.15, 0.2) is 18.3 Å². The lowest BCUT2D eigenvalue weighted by Gasteiger charge is -2.17. The van der Waals surface area contributed by atoms with Crippen LogP contribution < -0.4 is 10.2 Å². The van der Waals surface area contributed by atoms with Crippen molar-refractivity contribution in [2.45, 2.75) is 0 Å². The Kier molecular flexibility index (Phi) is 2.44. The van der Waals surface area contributed by atoms with Crippen LogP contribution in [0, 0.1) is 22.0 Å². The number of nitro groups is 1. The Labute approximate surface area is 98.8 Å². The van der Waals surface area contributed by atoms with Gasteiger partial charge in [-0.3, -0.25) is 10.1 Å². The van der Waals surface area contributed by atoms with E-state index in [9.17, 15) is 10.1 Å². The molecule has 2 aliphatic rings. The summed E-state index contributed by atoms with van der Waals surface area (Å²) in [6.07, 6.45) is 1.62. The minimum Gasteiger partial charge on any atom is -0.350 e. The Morgan fingerprint density at radius 3 is 2.76 bits per heavy atom. The number of hydrogen-bond donors (Lipinski definition) is 1. The molecule has 2 aliphatic heterocycles. The quantitative estimate of drug-likeness (QED) is 0.600. The van der Waals surface area contributed by atoms with Crippen LogP contribution in [0.1, 0.15) is 0 Å². The fourth-order valence-electron chi connectivity index (χ4n) is 2.80. The monoisotopic (exact) mass is 234 g/mol. The zero-order valence-electron chi connectivity index (χ0n) is 9.37. The zero-order chi connectivity index (χ0) is 11.8. The van der Waals surface area contributed by atoms with Gasteiger partial charge in [0.25, 0.3) is 0 Å². The van der Waals surface area contributed by atoms with E-state index in [4.69, 9.17) is 0 Å². The standard InChI is InChI=1S/C11H14N4O2/c16-15(17)10-2-1-3-13-11(10)14-6-8-4-12-5-9(8)7-14/h1-3,8-9,12H,4-7H2. The molecule has 2 fully saturated rings. The van der Waals surface area contributed by atoms with Crippen molar-refractivity contribution in [3.8, 4) is 0 Å². The molecule has 0 aliphatic carbocycles. The van der Waals surface area contributed by atoms with Gasteiger partial charge in [-0.05, 0) is 17.9 Å². The minimum atomic E-state index is -0.352. The van der Waals surface area contributed by atoms with Crippen molar-refractivity contribution in [2.24, 2.45) is 11.8 Å². The topological polar surface area (TPSA) is 71.3 Å². The van der Waals surface area contributed by atoms with E-state index in [1.54, 1.807) is 12.3 Å². The molecule has 0 saturated carbocycles. The van der Waals surface area contributed by atoms with Gasteiger partial charge < -0.3 is 10.2 Å². The van der Waals surface area contributed by atoms with Crippen LogP contribution in [-0.2, 0) is 0 Å². The molecule has 90 valence electrons. The second-order valence-corrected chi connectivity index (χ2v) is 4.69. The normalized spacial score (nSPS) is 27.2. The Bertz CT molecular complexity index is 439. The van der Waals surface area contributed by atoms with Crippen LogP contribution in [-0.4, -0.2) is 36.1 Å². The smallest absolute Gasteiger partial charge is 0.311 e. The maximum Gasteiger partial charge on any atom is 0.311 e. The van der Waals surface area contributed by atoms with Crippen molar-refractivity contribution in [1.82, 2.24) is 10.3 Å². The van der Waals surface area contributed by atoms with Crippen molar-refractivity contribution < 1.29 is 4.92 Å². The number of fused-ring (bicyclic) bond motifs is 1. The van der Waals surface area contributed by atoms with E-state index in [2.05, 4.69) is 10.3 Å². The predicted molar refractivity (Wildman–Crippen MR) is 63.0 cm³/mol. The first kappa shape index (κ1) is 10.5. The van der Waals surface area contributed by atoms with E-state index in [1.165, 1.54) is 6.07 Å². The van der Waals surface area contributed by atoms with Gasteiger partial charge >= 0.3 is 5.69 Å². The van der Waals surface area contributed by atoms with Crippen molar-refractivity contribution >= 4 is 11.5 Å². The molecule has 2 unspecified atom stereocenters. The van der Waals surface area contributed by atoms with Crippen LogP contribution in [0.2, 0.25) is 0 Å². The van der Waals surface area contributed by atoms with E-state index >= 15 is 0 Å². The molecular formula is C11H14N4O2. The van der Waals surface area contributed by atoms with Gasteiger partial charge in [-0.2, -0.15) is 0 Å². The van der Waals surface area contributed by atoms with Gasteiger partial charge in [0.2, 0.25) is 5.82 Å². The Morgan fingerprint density at radius 1 is 1.41 bits per heavy atom. The fraction of sp³-hybridized carbons (Fsp3) is 0.545. The molecular weight excluding hydrogens is 220 g/mol. The molecule has 0 bridgehead atoms. The summed E-state index contributed by atoms with van der Waals surface area (Å²) in [5.41, 5.74) is 0.112. The molecule has 2 atom stereocenters. The molecule has 1 N–H and O–H groups in total. The Hall–Kier alpha value is -1.69. The van der Waals surface area contributed by atoms with E-state index < -0.39 is 0 Å². The van der Waals surface area contributed by atoms with Crippen molar-refractivity contribution in [3.63, 3.8) is 0 Å². The highest BCUT2D eigenvalue weighted by molar-refractivity contribution is 5.58. The van der Waals surface area contributed by atoms with Gasteiger partial charge in [0, 0.05) is 38.4 Å². The van der Waals surface area contributed by atoms with E-state index in [-0.39, 0.29) is 10.6 Å². The molecule has 0 amide bonds. The van der Waals surface area contributed by atoms with Gasteiger partial charge in [0.05, 0.1) is 4.92 Å². The zero-order valence-corrected chi connectivity index (χ0v) is 9.37. The lowest BCUT2D eigenvalue weighted by molar-refractivity contribution is -0.384. The molecule has 0 radical (unpaired) electrons. The average Bonchev–Trinajstić information content (AvgIpc) is 2.88. The van der Waals surface area contributed by atoms with Crippen LogP contribution in [0.4, 0.5) is 11.5 Å². The van der Waals surface area contributed by atoms with E-state index in [0.717, 1.165) is 26.2 Å². The summed E-state index contributed by atoms with van der Waals surface area (Å²) < 4.78 is 0. The minimum absolute atomic E-state index is 0.112. The second-order valence-electron chi connectivity index (χ2n) is 4.69. The molecule has 0 aromatic carbocycles. The summed E-state index contributed by atoms with van der Waals surface area (Å²) in [5.74, 6) is 1.74. The predicted octanol–water partition coefficient (Wildman–Crippen LogP) is 0.645. The second kappa shape index (κ2) is 3.96. The van der Waals surface area contributed by atoms with Crippen LogP contribution in [0.5, 0.6) is 0 Å². The number of nitrogens with one attached hydrogen (secondary N) is 1. The summed E-state index contributed by atoms with van der Waals surface area (Å²) in [7, 11) is 0.